The van der Waals surface area contributed by atoms with Crippen molar-refractivity contribution in [3.63, 3.8) is 0 Å². The van der Waals surface area contributed by atoms with Gasteiger partial charge < -0.3 is 4.90 Å². The summed E-state index contributed by atoms with van der Waals surface area (Å²) in [7, 11) is 2.15. The van der Waals surface area contributed by atoms with E-state index in [2.05, 4.69) is 86.1 Å². The zero-order valence-corrected chi connectivity index (χ0v) is 12.5. The van der Waals surface area contributed by atoms with Crippen LogP contribution in [0.25, 0.3) is 0 Å². The molecule has 0 spiro atoms. The summed E-state index contributed by atoms with van der Waals surface area (Å²) in [6.07, 6.45) is 0. The van der Waals surface area contributed by atoms with Gasteiger partial charge in [-0.3, -0.25) is 0 Å². The van der Waals surface area contributed by atoms with Crippen molar-refractivity contribution in [3.8, 4) is 0 Å². The van der Waals surface area contributed by atoms with Gasteiger partial charge in [-0.1, -0.05) is 42.5 Å². The topological polar surface area (TPSA) is 3.24 Å². The lowest BCUT2D eigenvalue weighted by molar-refractivity contribution is 0.744. The highest BCUT2D eigenvalue weighted by atomic mass is 32.1. The van der Waals surface area contributed by atoms with Crippen LogP contribution in [0.3, 0.4) is 0 Å². The molecule has 100 valence electrons. The fourth-order valence-corrected chi connectivity index (χ4v) is 2.62. The van der Waals surface area contributed by atoms with Crippen LogP contribution >= 0.6 is 12.6 Å². The second-order valence-electron chi connectivity index (χ2n) is 5.01. The molecule has 2 aromatic carbocycles. The lowest BCUT2D eigenvalue weighted by Crippen LogP contribution is -2.25. The summed E-state index contributed by atoms with van der Waals surface area (Å²) in [6.45, 7) is 3.11. The third-order valence-corrected chi connectivity index (χ3v) is 3.87. The normalized spacial score (nSPS) is 12.2. The van der Waals surface area contributed by atoms with Crippen LogP contribution < -0.4 is 4.90 Å². The molecule has 0 aromatic heterocycles. The monoisotopic (exact) mass is 271 g/mol. The summed E-state index contributed by atoms with van der Waals surface area (Å²) < 4.78 is 0. The summed E-state index contributed by atoms with van der Waals surface area (Å²) in [5, 5.41) is 0. The van der Waals surface area contributed by atoms with Crippen molar-refractivity contribution in [3.05, 3.63) is 65.7 Å². The van der Waals surface area contributed by atoms with E-state index in [1.54, 1.807) is 0 Å². The molecule has 0 N–H and O–H groups in total. The van der Waals surface area contributed by atoms with Gasteiger partial charge in [-0.25, -0.2) is 0 Å². The number of anilines is 1. The van der Waals surface area contributed by atoms with Crippen LogP contribution in [0.1, 0.15) is 17.0 Å². The van der Waals surface area contributed by atoms with Gasteiger partial charge >= 0.3 is 0 Å². The van der Waals surface area contributed by atoms with Crippen molar-refractivity contribution in [1.29, 1.82) is 0 Å². The number of thiol groups is 1. The molecule has 1 unspecified atom stereocenters. The molecule has 19 heavy (non-hydrogen) atoms. The Balaban J connectivity index is 2.10. The van der Waals surface area contributed by atoms with Crippen molar-refractivity contribution in [2.45, 2.75) is 12.8 Å². The van der Waals surface area contributed by atoms with E-state index in [4.69, 9.17) is 0 Å². The summed E-state index contributed by atoms with van der Waals surface area (Å²) >= 11 is 4.51. The lowest BCUT2D eigenvalue weighted by Gasteiger charge is -2.25. The number of benzene rings is 2. The van der Waals surface area contributed by atoms with Gasteiger partial charge in [-0.15, -0.1) is 0 Å². The van der Waals surface area contributed by atoms with E-state index < -0.39 is 0 Å². The van der Waals surface area contributed by atoms with Crippen LogP contribution in [0, 0.1) is 6.92 Å². The SMILES string of the molecule is Cc1cccc(N(C)CC(CS)c2ccccc2)c1. The van der Waals surface area contributed by atoms with Crippen molar-refractivity contribution >= 4 is 18.3 Å². The average Bonchev–Trinajstić information content (AvgIpc) is 2.45. The molecule has 0 fully saturated rings. The molecule has 0 saturated heterocycles. The highest BCUT2D eigenvalue weighted by molar-refractivity contribution is 7.80. The Hall–Kier alpha value is -1.41. The molecule has 0 amide bonds. The van der Waals surface area contributed by atoms with E-state index >= 15 is 0 Å². The highest BCUT2D eigenvalue weighted by Gasteiger charge is 2.12. The summed E-state index contributed by atoms with van der Waals surface area (Å²) in [5.74, 6) is 1.32. The summed E-state index contributed by atoms with van der Waals surface area (Å²) in [6, 6.07) is 19.2. The largest absolute Gasteiger partial charge is 0.374 e. The third-order valence-electron chi connectivity index (χ3n) is 3.43. The van der Waals surface area contributed by atoms with Gasteiger partial charge in [0.2, 0.25) is 0 Å². The minimum atomic E-state index is 0.454. The molecular weight excluding hydrogens is 250 g/mol. The molecule has 2 aromatic rings. The van der Waals surface area contributed by atoms with Gasteiger partial charge in [0.25, 0.3) is 0 Å². The van der Waals surface area contributed by atoms with E-state index in [1.807, 2.05) is 0 Å². The molecule has 0 aliphatic rings. The van der Waals surface area contributed by atoms with Crippen LogP contribution in [0.2, 0.25) is 0 Å². The fraction of sp³-hybridized carbons (Fsp3) is 0.294. The van der Waals surface area contributed by atoms with Gasteiger partial charge in [-0.2, -0.15) is 12.6 Å². The molecule has 0 aliphatic carbocycles. The van der Waals surface area contributed by atoms with E-state index in [1.165, 1.54) is 16.8 Å². The van der Waals surface area contributed by atoms with Crippen LogP contribution in [-0.2, 0) is 0 Å². The van der Waals surface area contributed by atoms with Crippen LogP contribution in [0.15, 0.2) is 54.6 Å². The Morgan fingerprint density at radius 1 is 1.05 bits per heavy atom. The Morgan fingerprint density at radius 2 is 1.79 bits per heavy atom. The maximum atomic E-state index is 4.51. The van der Waals surface area contributed by atoms with E-state index in [0.717, 1.165) is 12.3 Å². The van der Waals surface area contributed by atoms with Crippen molar-refractivity contribution in [1.82, 2.24) is 0 Å². The van der Waals surface area contributed by atoms with Crippen molar-refractivity contribution in [2.75, 3.05) is 24.2 Å². The zero-order valence-electron chi connectivity index (χ0n) is 11.6. The van der Waals surface area contributed by atoms with Gasteiger partial charge in [0.05, 0.1) is 0 Å². The average molecular weight is 271 g/mol. The molecule has 2 rings (SSSR count). The predicted octanol–water partition coefficient (Wildman–Crippen LogP) is 4.14. The second-order valence-corrected chi connectivity index (χ2v) is 5.37. The van der Waals surface area contributed by atoms with Crippen molar-refractivity contribution < 1.29 is 0 Å². The zero-order chi connectivity index (χ0) is 13.7. The third kappa shape index (κ3) is 3.77. The first-order valence-corrected chi connectivity index (χ1v) is 7.27. The van der Waals surface area contributed by atoms with Crippen LogP contribution in [0.5, 0.6) is 0 Å². The molecule has 2 heteroatoms. The Morgan fingerprint density at radius 3 is 2.42 bits per heavy atom. The van der Waals surface area contributed by atoms with E-state index in [0.29, 0.717) is 5.92 Å². The highest BCUT2D eigenvalue weighted by Crippen LogP contribution is 2.22. The smallest absolute Gasteiger partial charge is 0.0366 e. The lowest BCUT2D eigenvalue weighted by atomic mass is 10.0. The van der Waals surface area contributed by atoms with E-state index in [9.17, 15) is 0 Å². The molecular formula is C17H21NS. The molecule has 1 nitrogen and oxygen atoms in total. The molecule has 0 bridgehead atoms. The molecule has 1 atom stereocenters. The Labute approximate surface area is 121 Å². The standard InChI is InChI=1S/C17H21NS/c1-14-7-6-10-17(11-14)18(2)12-16(13-19)15-8-4-3-5-9-15/h3-11,16,19H,12-13H2,1-2H3. The minimum absolute atomic E-state index is 0.454. The first-order chi connectivity index (χ1) is 9.20. The Kier molecular flexibility index (Phi) is 4.92. The number of rotatable bonds is 5. The van der Waals surface area contributed by atoms with Crippen LogP contribution in [-0.4, -0.2) is 19.3 Å². The molecule has 0 radical (unpaired) electrons. The number of hydrogen-bond donors (Lipinski definition) is 1. The number of nitrogens with zero attached hydrogens (tertiary/aromatic N) is 1. The first-order valence-electron chi connectivity index (χ1n) is 6.64. The summed E-state index contributed by atoms with van der Waals surface area (Å²) in [5.41, 5.74) is 3.92. The first kappa shape index (κ1) is 14.0. The second kappa shape index (κ2) is 6.67. The minimum Gasteiger partial charge on any atom is -0.374 e. The van der Waals surface area contributed by atoms with Crippen molar-refractivity contribution in [2.24, 2.45) is 0 Å². The van der Waals surface area contributed by atoms with Crippen LogP contribution in [0.4, 0.5) is 5.69 Å². The summed E-state index contributed by atoms with van der Waals surface area (Å²) in [4.78, 5) is 2.31. The van der Waals surface area contributed by atoms with Gasteiger partial charge in [0.15, 0.2) is 0 Å². The van der Waals surface area contributed by atoms with Gasteiger partial charge in [0.1, 0.15) is 0 Å². The predicted molar refractivity (Wildman–Crippen MR) is 87.5 cm³/mol. The maximum absolute atomic E-state index is 4.51. The molecule has 0 saturated carbocycles. The molecule has 0 aliphatic heterocycles. The molecule has 0 heterocycles. The number of aryl methyl sites for hydroxylation is 1. The fourth-order valence-electron chi connectivity index (χ4n) is 2.30. The number of hydrogen-bond acceptors (Lipinski definition) is 2. The quantitative estimate of drug-likeness (QED) is 0.800. The number of likely N-dealkylation sites (N-methyl/N-ethyl adjacent to an activating group) is 1. The van der Waals surface area contributed by atoms with Gasteiger partial charge in [0, 0.05) is 25.2 Å². The van der Waals surface area contributed by atoms with Gasteiger partial charge in [-0.05, 0) is 35.9 Å². The maximum Gasteiger partial charge on any atom is 0.0366 e. The van der Waals surface area contributed by atoms with E-state index in [-0.39, 0.29) is 0 Å². The Bertz CT molecular complexity index is 510.